The molecule has 0 radical (unpaired) electrons. The number of rotatable bonds is 4. The van der Waals surface area contributed by atoms with E-state index >= 15 is 0 Å². The zero-order valence-corrected chi connectivity index (χ0v) is 14.5. The number of carbonyl (C=O) groups is 2. The Bertz CT molecular complexity index is 775. The topological polar surface area (TPSA) is 84.2 Å². The van der Waals surface area contributed by atoms with E-state index in [2.05, 4.69) is 10.4 Å². The van der Waals surface area contributed by atoms with Crippen LogP contribution in [0.15, 0.2) is 30.3 Å². The van der Waals surface area contributed by atoms with Crippen LogP contribution in [0.3, 0.4) is 0 Å². The Morgan fingerprint density at radius 2 is 1.76 bits per heavy atom. The number of carbonyl (C=O) groups excluding carboxylic acids is 2. The van der Waals surface area contributed by atoms with Crippen molar-refractivity contribution in [3.8, 4) is 5.69 Å². The maximum atomic E-state index is 12.7. The molecule has 132 valence electrons. The average molecular weight is 341 g/mol. The summed E-state index contributed by atoms with van der Waals surface area (Å²) in [4.78, 5) is 25.0. The van der Waals surface area contributed by atoms with E-state index in [1.807, 2.05) is 30.3 Å². The second-order valence-corrected chi connectivity index (χ2v) is 6.60. The number of ketones is 1. The van der Waals surface area contributed by atoms with Crippen LogP contribution in [0.2, 0.25) is 0 Å². The van der Waals surface area contributed by atoms with Crippen LogP contribution < -0.4 is 5.32 Å². The number of benzene rings is 1. The average Bonchev–Trinajstić information content (AvgIpc) is 2.91. The Kier molecular flexibility index (Phi) is 4.99. The van der Waals surface area contributed by atoms with Gasteiger partial charge in [-0.15, -0.1) is 0 Å². The first-order valence-corrected chi connectivity index (χ1v) is 8.62. The smallest absolute Gasteiger partial charge is 0.292 e. The van der Waals surface area contributed by atoms with Gasteiger partial charge in [0.2, 0.25) is 0 Å². The van der Waals surface area contributed by atoms with Crippen LogP contribution >= 0.6 is 0 Å². The molecular formula is C19H23N3O3. The molecule has 2 aromatic rings. The lowest BCUT2D eigenvalue weighted by Gasteiger charge is -2.25. The molecule has 1 aromatic heterocycles. The third-order valence-electron chi connectivity index (χ3n) is 4.76. The van der Waals surface area contributed by atoms with Gasteiger partial charge in [0.05, 0.1) is 28.7 Å². The van der Waals surface area contributed by atoms with E-state index < -0.39 is 11.7 Å². The van der Waals surface area contributed by atoms with E-state index in [-0.39, 0.29) is 12.1 Å². The van der Waals surface area contributed by atoms with Crippen molar-refractivity contribution in [3.05, 3.63) is 47.3 Å². The SMILES string of the molecule is Cc1nn(-c2ccccc2)c(C)c1C(=O)C(=O)NC1CCC(O)CC1. The molecule has 6 nitrogen and oxygen atoms in total. The molecule has 0 unspecified atom stereocenters. The molecule has 25 heavy (non-hydrogen) atoms. The molecule has 0 bridgehead atoms. The minimum absolute atomic E-state index is 0.0513. The molecule has 1 saturated carbocycles. The Labute approximate surface area is 146 Å². The van der Waals surface area contributed by atoms with Crippen molar-refractivity contribution < 1.29 is 14.7 Å². The van der Waals surface area contributed by atoms with Crippen molar-refractivity contribution in [1.29, 1.82) is 0 Å². The number of para-hydroxylation sites is 1. The molecule has 1 aromatic carbocycles. The van der Waals surface area contributed by atoms with Crippen molar-refractivity contribution in [2.24, 2.45) is 0 Å². The van der Waals surface area contributed by atoms with Crippen LogP contribution in [0.4, 0.5) is 0 Å². The quantitative estimate of drug-likeness (QED) is 0.659. The van der Waals surface area contributed by atoms with Crippen molar-refractivity contribution in [2.75, 3.05) is 0 Å². The molecule has 0 aliphatic heterocycles. The number of nitrogens with zero attached hydrogens (tertiary/aromatic N) is 2. The molecule has 0 saturated heterocycles. The van der Waals surface area contributed by atoms with Crippen LogP contribution in [0.5, 0.6) is 0 Å². The number of aromatic nitrogens is 2. The van der Waals surface area contributed by atoms with Gasteiger partial charge in [-0.25, -0.2) is 4.68 Å². The van der Waals surface area contributed by atoms with Crippen molar-refractivity contribution in [3.63, 3.8) is 0 Å². The van der Waals surface area contributed by atoms with Crippen LogP contribution in [0.1, 0.15) is 47.4 Å². The largest absolute Gasteiger partial charge is 0.393 e. The van der Waals surface area contributed by atoms with E-state index in [9.17, 15) is 14.7 Å². The molecule has 0 spiro atoms. The van der Waals surface area contributed by atoms with Crippen LogP contribution in [-0.2, 0) is 4.79 Å². The van der Waals surface area contributed by atoms with E-state index in [0.717, 1.165) is 5.69 Å². The van der Waals surface area contributed by atoms with E-state index in [4.69, 9.17) is 0 Å². The number of hydrogen-bond acceptors (Lipinski definition) is 4. The van der Waals surface area contributed by atoms with Crippen LogP contribution in [0.25, 0.3) is 5.69 Å². The standard InChI is InChI=1S/C19H23N3O3/c1-12-17(13(2)22(21-12)15-6-4-3-5-7-15)18(24)19(25)20-14-8-10-16(23)11-9-14/h3-7,14,16,23H,8-11H2,1-2H3,(H,20,25). The molecule has 6 heteroatoms. The number of Topliss-reactive ketones (excluding diaryl/α,β-unsaturated/α-hetero) is 1. The van der Waals surface area contributed by atoms with Gasteiger partial charge in [0.15, 0.2) is 0 Å². The minimum atomic E-state index is -0.597. The summed E-state index contributed by atoms with van der Waals surface area (Å²) in [7, 11) is 0. The normalized spacial score (nSPS) is 20.3. The second-order valence-electron chi connectivity index (χ2n) is 6.60. The maximum Gasteiger partial charge on any atom is 0.292 e. The molecule has 0 atom stereocenters. The summed E-state index contributed by atoms with van der Waals surface area (Å²) in [5.41, 5.74) is 2.41. The van der Waals surface area contributed by atoms with E-state index in [1.54, 1.807) is 18.5 Å². The molecule has 2 N–H and O–H groups in total. The number of aliphatic hydroxyl groups excluding tert-OH is 1. The molecule has 1 heterocycles. The van der Waals surface area contributed by atoms with Gasteiger partial charge < -0.3 is 10.4 Å². The summed E-state index contributed by atoms with van der Waals surface area (Å²) in [6, 6.07) is 9.47. The van der Waals surface area contributed by atoms with Crippen molar-refractivity contribution in [2.45, 2.75) is 51.7 Å². The minimum Gasteiger partial charge on any atom is -0.393 e. The van der Waals surface area contributed by atoms with Gasteiger partial charge in [-0.05, 0) is 51.7 Å². The molecule has 1 amide bonds. The number of amides is 1. The van der Waals surface area contributed by atoms with E-state index in [0.29, 0.717) is 42.6 Å². The van der Waals surface area contributed by atoms with Crippen molar-refractivity contribution >= 4 is 11.7 Å². The lowest BCUT2D eigenvalue weighted by Crippen LogP contribution is -2.42. The fourth-order valence-electron chi connectivity index (χ4n) is 3.38. The first-order valence-electron chi connectivity index (χ1n) is 8.62. The van der Waals surface area contributed by atoms with Gasteiger partial charge in [0.25, 0.3) is 11.7 Å². The third kappa shape index (κ3) is 3.64. The van der Waals surface area contributed by atoms with Gasteiger partial charge in [-0.1, -0.05) is 18.2 Å². The van der Waals surface area contributed by atoms with Gasteiger partial charge in [-0.2, -0.15) is 5.10 Å². The van der Waals surface area contributed by atoms with Gasteiger partial charge >= 0.3 is 0 Å². The van der Waals surface area contributed by atoms with Gasteiger partial charge in [0.1, 0.15) is 0 Å². The number of aryl methyl sites for hydroxylation is 1. The Morgan fingerprint density at radius 3 is 2.40 bits per heavy atom. The predicted octanol–water partition coefficient (Wildman–Crippen LogP) is 2.09. The Hall–Kier alpha value is -2.47. The predicted molar refractivity (Wildman–Crippen MR) is 93.8 cm³/mol. The first-order chi connectivity index (χ1) is 12.0. The highest BCUT2D eigenvalue weighted by Crippen LogP contribution is 2.20. The monoisotopic (exact) mass is 341 g/mol. The highest BCUT2D eigenvalue weighted by molar-refractivity contribution is 6.43. The highest BCUT2D eigenvalue weighted by atomic mass is 16.3. The summed E-state index contributed by atoms with van der Waals surface area (Å²) >= 11 is 0. The third-order valence-corrected chi connectivity index (χ3v) is 4.76. The summed E-state index contributed by atoms with van der Waals surface area (Å²) < 4.78 is 1.69. The molecule has 1 fully saturated rings. The Balaban J connectivity index is 1.78. The molecule has 3 rings (SSSR count). The van der Waals surface area contributed by atoms with Gasteiger partial charge in [0, 0.05) is 6.04 Å². The number of nitrogens with one attached hydrogen (secondary N) is 1. The molecule has 1 aliphatic carbocycles. The lowest BCUT2D eigenvalue weighted by atomic mass is 9.93. The summed E-state index contributed by atoms with van der Waals surface area (Å²) in [5.74, 6) is -1.15. The van der Waals surface area contributed by atoms with Crippen molar-refractivity contribution in [1.82, 2.24) is 15.1 Å². The highest BCUT2D eigenvalue weighted by Gasteiger charge is 2.28. The number of hydrogen-bond donors (Lipinski definition) is 2. The zero-order chi connectivity index (χ0) is 18.0. The zero-order valence-electron chi connectivity index (χ0n) is 14.5. The lowest BCUT2D eigenvalue weighted by molar-refractivity contribution is -0.118. The summed E-state index contributed by atoms with van der Waals surface area (Å²) in [6.07, 6.45) is 2.41. The Morgan fingerprint density at radius 1 is 1.12 bits per heavy atom. The summed E-state index contributed by atoms with van der Waals surface area (Å²) in [6.45, 7) is 3.54. The fourth-order valence-corrected chi connectivity index (χ4v) is 3.38. The van der Waals surface area contributed by atoms with Crippen LogP contribution in [0, 0.1) is 13.8 Å². The fraction of sp³-hybridized carbons (Fsp3) is 0.421. The number of aliphatic hydroxyl groups is 1. The van der Waals surface area contributed by atoms with E-state index in [1.165, 1.54) is 0 Å². The first kappa shape index (κ1) is 17.4. The van der Waals surface area contributed by atoms with Crippen LogP contribution in [-0.4, -0.2) is 38.7 Å². The molecule has 1 aliphatic rings. The second kappa shape index (κ2) is 7.19. The maximum absolute atomic E-state index is 12.7. The van der Waals surface area contributed by atoms with Gasteiger partial charge in [-0.3, -0.25) is 9.59 Å². The molecular weight excluding hydrogens is 318 g/mol. The summed E-state index contributed by atoms with van der Waals surface area (Å²) in [5, 5.41) is 16.8.